The lowest BCUT2D eigenvalue weighted by Crippen LogP contribution is -2.28. The van der Waals surface area contributed by atoms with Crippen LogP contribution in [0.3, 0.4) is 0 Å². The smallest absolute Gasteiger partial charge is 0.263 e. The normalized spacial score (nSPS) is 11.4. The summed E-state index contributed by atoms with van der Waals surface area (Å²) in [6.45, 7) is 4.53. The van der Waals surface area contributed by atoms with Gasteiger partial charge in [0.2, 0.25) is 0 Å². The van der Waals surface area contributed by atoms with E-state index in [1.807, 2.05) is 38.1 Å². The molecule has 0 saturated heterocycles. The second-order valence-electron chi connectivity index (χ2n) is 5.05. The molecule has 0 spiro atoms. The summed E-state index contributed by atoms with van der Waals surface area (Å²) in [5.41, 5.74) is 2.56. The molecule has 2 aromatic rings. The van der Waals surface area contributed by atoms with Crippen LogP contribution in [0.4, 0.5) is 5.69 Å². The minimum Gasteiger partial charge on any atom is -0.360 e. The van der Waals surface area contributed by atoms with Crippen molar-refractivity contribution in [2.45, 2.75) is 13.8 Å². The molecule has 2 rings (SSSR count). The fourth-order valence-corrected chi connectivity index (χ4v) is 1.72. The molecule has 1 aromatic carbocycles. The number of H-pyrrole nitrogens is 1. The van der Waals surface area contributed by atoms with Gasteiger partial charge in [0.05, 0.1) is 17.4 Å². The standard InChI is InChI=1S/C15H17N5O/c1-10(2)7-18-15(21)11(6-16)8-17-12-3-4-13-14(5-12)20-9-19-13/h3-5,8-10,17H,7H2,1-2H3,(H,18,21)(H,19,20)/b11-8-. The molecule has 108 valence electrons. The molecule has 0 fully saturated rings. The highest BCUT2D eigenvalue weighted by Gasteiger charge is 2.08. The van der Waals surface area contributed by atoms with Gasteiger partial charge >= 0.3 is 0 Å². The fourth-order valence-electron chi connectivity index (χ4n) is 1.72. The summed E-state index contributed by atoms with van der Waals surface area (Å²) in [5.74, 6) is -0.0362. The lowest BCUT2D eigenvalue weighted by Gasteiger charge is -2.07. The Morgan fingerprint density at radius 1 is 1.52 bits per heavy atom. The molecule has 0 radical (unpaired) electrons. The SMILES string of the molecule is CC(C)CNC(=O)/C(C#N)=C\Nc1ccc2nc[nH]c2c1. The summed E-state index contributed by atoms with van der Waals surface area (Å²) in [5, 5.41) is 14.7. The van der Waals surface area contributed by atoms with Crippen molar-refractivity contribution in [1.29, 1.82) is 5.26 Å². The van der Waals surface area contributed by atoms with Gasteiger partial charge in [0, 0.05) is 18.4 Å². The summed E-state index contributed by atoms with van der Waals surface area (Å²) in [6, 6.07) is 7.44. The predicted octanol–water partition coefficient (Wildman–Crippen LogP) is 2.15. The first kappa shape index (κ1) is 14.6. The number of carbonyl (C=O) groups excluding carboxylic acids is 1. The van der Waals surface area contributed by atoms with E-state index in [1.54, 1.807) is 6.33 Å². The number of carbonyl (C=O) groups is 1. The van der Waals surface area contributed by atoms with E-state index < -0.39 is 0 Å². The van der Waals surface area contributed by atoms with Crippen LogP contribution in [0.5, 0.6) is 0 Å². The van der Waals surface area contributed by atoms with Gasteiger partial charge in [0.25, 0.3) is 5.91 Å². The second kappa shape index (κ2) is 6.57. The van der Waals surface area contributed by atoms with E-state index >= 15 is 0 Å². The van der Waals surface area contributed by atoms with Crippen LogP contribution < -0.4 is 10.6 Å². The summed E-state index contributed by atoms with van der Waals surface area (Å²) in [4.78, 5) is 18.9. The Hall–Kier alpha value is -2.81. The van der Waals surface area contributed by atoms with Crippen molar-refractivity contribution in [2.75, 3.05) is 11.9 Å². The van der Waals surface area contributed by atoms with Gasteiger partial charge in [-0.1, -0.05) is 13.8 Å². The first-order valence-electron chi connectivity index (χ1n) is 6.68. The van der Waals surface area contributed by atoms with Gasteiger partial charge in [-0.05, 0) is 24.1 Å². The second-order valence-corrected chi connectivity index (χ2v) is 5.05. The molecule has 0 bridgehead atoms. The molecule has 3 N–H and O–H groups in total. The Morgan fingerprint density at radius 3 is 3.05 bits per heavy atom. The number of amides is 1. The van der Waals surface area contributed by atoms with Gasteiger partial charge in [-0.2, -0.15) is 5.26 Å². The number of imidazole rings is 1. The van der Waals surface area contributed by atoms with Crippen molar-refractivity contribution >= 4 is 22.6 Å². The fraction of sp³-hybridized carbons (Fsp3) is 0.267. The Balaban J connectivity index is 2.06. The van der Waals surface area contributed by atoms with E-state index in [9.17, 15) is 4.79 Å². The Morgan fingerprint density at radius 2 is 2.33 bits per heavy atom. The van der Waals surface area contributed by atoms with Gasteiger partial charge in [-0.25, -0.2) is 4.98 Å². The molecule has 0 saturated carbocycles. The monoisotopic (exact) mass is 283 g/mol. The van der Waals surface area contributed by atoms with Crippen molar-refractivity contribution in [2.24, 2.45) is 5.92 Å². The zero-order chi connectivity index (χ0) is 15.2. The number of nitriles is 1. The van der Waals surface area contributed by atoms with Crippen LogP contribution >= 0.6 is 0 Å². The molecule has 0 atom stereocenters. The third-order valence-corrected chi connectivity index (χ3v) is 2.84. The maximum Gasteiger partial charge on any atom is 0.263 e. The molecule has 0 aliphatic carbocycles. The van der Waals surface area contributed by atoms with Crippen LogP contribution in [0, 0.1) is 17.2 Å². The third-order valence-electron chi connectivity index (χ3n) is 2.84. The van der Waals surface area contributed by atoms with Crippen molar-refractivity contribution < 1.29 is 4.79 Å². The van der Waals surface area contributed by atoms with Crippen molar-refractivity contribution in [3.8, 4) is 6.07 Å². The minimum atomic E-state index is -0.374. The zero-order valence-electron chi connectivity index (χ0n) is 12.0. The van der Waals surface area contributed by atoms with Gasteiger partial charge in [0.15, 0.2) is 0 Å². The summed E-state index contributed by atoms with van der Waals surface area (Å²) >= 11 is 0. The Kier molecular flexibility index (Phi) is 4.57. The first-order chi connectivity index (χ1) is 10.1. The maximum absolute atomic E-state index is 11.8. The number of rotatable bonds is 5. The van der Waals surface area contributed by atoms with Crippen molar-refractivity contribution in [1.82, 2.24) is 15.3 Å². The van der Waals surface area contributed by atoms with Crippen LogP contribution in [-0.2, 0) is 4.79 Å². The number of nitrogens with zero attached hydrogens (tertiary/aromatic N) is 2. The average molecular weight is 283 g/mol. The molecule has 0 unspecified atom stereocenters. The number of anilines is 1. The van der Waals surface area contributed by atoms with Crippen LogP contribution in [0.1, 0.15) is 13.8 Å². The number of aromatic amines is 1. The van der Waals surface area contributed by atoms with E-state index in [4.69, 9.17) is 5.26 Å². The largest absolute Gasteiger partial charge is 0.360 e. The topological polar surface area (TPSA) is 93.6 Å². The molecular formula is C15H17N5O. The Labute approximate surface area is 122 Å². The molecule has 1 heterocycles. The Bertz CT molecular complexity index is 708. The van der Waals surface area contributed by atoms with Crippen molar-refractivity contribution in [3.63, 3.8) is 0 Å². The average Bonchev–Trinajstić information content (AvgIpc) is 2.93. The van der Waals surface area contributed by atoms with Gasteiger partial charge in [-0.15, -0.1) is 0 Å². The van der Waals surface area contributed by atoms with E-state index in [0.717, 1.165) is 16.7 Å². The summed E-state index contributed by atoms with van der Waals surface area (Å²) in [6.07, 6.45) is 3.03. The highest BCUT2D eigenvalue weighted by molar-refractivity contribution is 5.97. The van der Waals surface area contributed by atoms with Crippen LogP contribution in [0.2, 0.25) is 0 Å². The summed E-state index contributed by atoms with van der Waals surface area (Å²) in [7, 11) is 0. The van der Waals surface area contributed by atoms with E-state index in [2.05, 4.69) is 20.6 Å². The van der Waals surface area contributed by atoms with Crippen LogP contribution in [0.25, 0.3) is 11.0 Å². The lowest BCUT2D eigenvalue weighted by molar-refractivity contribution is -0.117. The molecule has 0 aliphatic heterocycles. The van der Waals surface area contributed by atoms with Gasteiger partial charge < -0.3 is 15.6 Å². The molecule has 1 aromatic heterocycles. The molecular weight excluding hydrogens is 266 g/mol. The summed E-state index contributed by atoms with van der Waals surface area (Å²) < 4.78 is 0. The van der Waals surface area contributed by atoms with E-state index in [0.29, 0.717) is 12.5 Å². The predicted molar refractivity (Wildman–Crippen MR) is 81.3 cm³/mol. The lowest BCUT2D eigenvalue weighted by atomic mass is 10.2. The number of benzene rings is 1. The molecule has 0 aliphatic rings. The van der Waals surface area contributed by atoms with E-state index in [1.165, 1.54) is 6.20 Å². The minimum absolute atomic E-state index is 0.0420. The number of hydrogen-bond donors (Lipinski definition) is 3. The third kappa shape index (κ3) is 3.83. The van der Waals surface area contributed by atoms with Crippen molar-refractivity contribution in [3.05, 3.63) is 36.3 Å². The zero-order valence-corrected chi connectivity index (χ0v) is 12.0. The van der Waals surface area contributed by atoms with Gasteiger partial charge in [-0.3, -0.25) is 4.79 Å². The molecule has 21 heavy (non-hydrogen) atoms. The van der Waals surface area contributed by atoms with Crippen LogP contribution in [0.15, 0.2) is 36.3 Å². The van der Waals surface area contributed by atoms with Crippen LogP contribution in [-0.4, -0.2) is 22.4 Å². The van der Waals surface area contributed by atoms with Gasteiger partial charge in [0.1, 0.15) is 11.6 Å². The van der Waals surface area contributed by atoms with E-state index in [-0.39, 0.29) is 11.5 Å². The highest BCUT2D eigenvalue weighted by atomic mass is 16.1. The maximum atomic E-state index is 11.8. The number of fused-ring (bicyclic) bond motifs is 1. The first-order valence-corrected chi connectivity index (χ1v) is 6.68. The number of hydrogen-bond acceptors (Lipinski definition) is 4. The molecule has 6 heteroatoms. The highest BCUT2D eigenvalue weighted by Crippen LogP contribution is 2.15. The number of aromatic nitrogens is 2. The molecule has 1 amide bonds. The number of nitrogens with one attached hydrogen (secondary N) is 3. The molecule has 6 nitrogen and oxygen atoms in total. The quantitative estimate of drug-likeness (QED) is 0.579.